The first-order valence-electron chi connectivity index (χ1n) is 8.57. The Morgan fingerprint density at radius 3 is 2.92 bits per heavy atom. The van der Waals surface area contributed by atoms with Crippen LogP contribution in [0.1, 0.15) is 38.2 Å². The predicted octanol–water partition coefficient (Wildman–Crippen LogP) is 2.76. The van der Waals surface area contributed by atoms with Crippen LogP contribution in [0.15, 0.2) is 18.2 Å². The summed E-state index contributed by atoms with van der Waals surface area (Å²) in [5.41, 5.74) is 0.854. The molecule has 0 unspecified atom stereocenters. The van der Waals surface area contributed by atoms with Gasteiger partial charge in [-0.2, -0.15) is 0 Å². The van der Waals surface area contributed by atoms with Crippen molar-refractivity contribution in [3.63, 3.8) is 0 Å². The van der Waals surface area contributed by atoms with Crippen molar-refractivity contribution in [3.8, 4) is 5.75 Å². The quantitative estimate of drug-likeness (QED) is 0.822. The lowest BCUT2D eigenvalue weighted by Gasteiger charge is -2.16. The molecule has 130 valence electrons. The van der Waals surface area contributed by atoms with Gasteiger partial charge in [-0.05, 0) is 37.5 Å². The SMILES string of the molecule is CCCOc1ccc(Cl)cc1CNC(=O)[C@@H]1CC(=O)N(C2CC2)C1. The Kier molecular flexibility index (Phi) is 5.29. The summed E-state index contributed by atoms with van der Waals surface area (Å²) in [7, 11) is 0. The zero-order valence-corrected chi connectivity index (χ0v) is 14.6. The largest absolute Gasteiger partial charge is 0.493 e. The smallest absolute Gasteiger partial charge is 0.225 e. The first kappa shape index (κ1) is 17.1. The molecule has 1 aromatic rings. The number of amides is 2. The van der Waals surface area contributed by atoms with Crippen molar-refractivity contribution in [2.45, 2.75) is 45.2 Å². The molecule has 1 saturated heterocycles. The maximum Gasteiger partial charge on any atom is 0.225 e. The third-order valence-electron chi connectivity index (χ3n) is 4.45. The van der Waals surface area contributed by atoms with Gasteiger partial charge in [-0.25, -0.2) is 0 Å². The van der Waals surface area contributed by atoms with E-state index in [0.717, 1.165) is 30.6 Å². The van der Waals surface area contributed by atoms with Crippen LogP contribution in [0.25, 0.3) is 0 Å². The predicted molar refractivity (Wildman–Crippen MR) is 91.9 cm³/mol. The molecule has 24 heavy (non-hydrogen) atoms. The average molecular weight is 351 g/mol. The molecule has 0 radical (unpaired) electrons. The third kappa shape index (κ3) is 4.01. The molecule has 1 saturated carbocycles. The van der Waals surface area contributed by atoms with E-state index in [1.807, 2.05) is 24.0 Å². The van der Waals surface area contributed by atoms with Crippen molar-refractivity contribution in [1.29, 1.82) is 0 Å². The number of carbonyl (C=O) groups is 2. The van der Waals surface area contributed by atoms with Gasteiger partial charge < -0.3 is 15.0 Å². The number of rotatable bonds is 7. The molecule has 1 heterocycles. The standard InChI is InChI=1S/C18H23ClN2O3/c1-2-7-24-16-6-3-14(19)8-12(16)10-20-18(23)13-9-17(22)21(11-13)15-4-5-15/h3,6,8,13,15H,2,4-5,7,9-11H2,1H3,(H,20,23)/t13-/m1/s1. The van der Waals surface area contributed by atoms with E-state index in [1.165, 1.54) is 0 Å². The lowest BCUT2D eigenvalue weighted by atomic mass is 10.1. The van der Waals surface area contributed by atoms with Crippen molar-refractivity contribution >= 4 is 23.4 Å². The highest BCUT2D eigenvalue weighted by Gasteiger charge is 2.41. The Morgan fingerprint density at radius 1 is 1.42 bits per heavy atom. The molecule has 2 fully saturated rings. The second-order valence-electron chi connectivity index (χ2n) is 6.50. The second-order valence-corrected chi connectivity index (χ2v) is 6.93. The van der Waals surface area contributed by atoms with Crippen LogP contribution in [0, 0.1) is 5.92 Å². The maximum atomic E-state index is 12.4. The maximum absolute atomic E-state index is 12.4. The number of carbonyl (C=O) groups excluding carboxylic acids is 2. The number of nitrogens with zero attached hydrogens (tertiary/aromatic N) is 1. The molecule has 1 atom stereocenters. The second kappa shape index (κ2) is 7.43. The van der Waals surface area contributed by atoms with Crippen LogP contribution < -0.4 is 10.1 Å². The lowest BCUT2D eigenvalue weighted by Crippen LogP contribution is -2.33. The number of hydrogen-bond acceptors (Lipinski definition) is 3. The highest BCUT2D eigenvalue weighted by molar-refractivity contribution is 6.30. The Labute approximate surface area is 147 Å². The van der Waals surface area contributed by atoms with Crippen LogP contribution in [-0.2, 0) is 16.1 Å². The zero-order chi connectivity index (χ0) is 17.1. The number of halogens is 1. The third-order valence-corrected chi connectivity index (χ3v) is 4.69. The molecule has 1 N–H and O–H groups in total. The number of hydrogen-bond donors (Lipinski definition) is 1. The molecule has 3 rings (SSSR count). The summed E-state index contributed by atoms with van der Waals surface area (Å²) in [5.74, 6) is 0.515. The molecular weight excluding hydrogens is 328 g/mol. The van der Waals surface area contributed by atoms with E-state index >= 15 is 0 Å². The van der Waals surface area contributed by atoms with Gasteiger partial charge in [0.15, 0.2) is 0 Å². The number of likely N-dealkylation sites (tertiary alicyclic amines) is 1. The summed E-state index contributed by atoms with van der Waals surface area (Å²) in [5, 5.41) is 3.54. The lowest BCUT2D eigenvalue weighted by molar-refractivity contribution is -0.129. The molecule has 2 amide bonds. The van der Waals surface area contributed by atoms with Crippen LogP contribution in [0.3, 0.4) is 0 Å². The van der Waals surface area contributed by atoms with Crippen molar-refractivity contribution in [3.05, 3.63) is 28.8 Å². The van der Waals surface area contributed by atoms with Crippen molar-refractivity contribution in [2.75, 3.05) is 13.2 Å². The van der Waals surface area contributed by atoms with E-state index in [2.05, 4.69) is 5.32 Å². The first-order valence-corrected chi connectivity index (χ1v) is 8.94. The van der Waals surface area contributed by atoms with Gasteiger partial charge in [0, 0.05) is 36.1 Å². The molecule has 0 spiro atoms. The Hall–Kier alpha value is -1.75. The fourth-order valence-electron chi connectivity index (χ4n) is 3.01. The summed E-state index contributed by atoms with van der Waals surface area (Å²) in [4.78, 5) is 26.2. The van der Waals surface area contributed by atoms with Gasteiger partial charge in [0.25, 0.3) is 0 Å². The van der Waals surface area contributed by atoms with Crippen LogP contribution in [0.4, 0.5) is 0 Å². The minimum absolute atomic E-state index is 0.0760. The number of ether oxygens (including phenoxy) is 1. The summed E-state index contributed by atoms with van der Waals surface area (Å²) in [6, 6.07) is 5.79. The Morgan fingerprint density at radius 2 is 2.21 bits per heavy atom. The van der Waals surface area contributed by atoms with E-state index in [9.17, 15) is 9.59 Å². The van der Waals surface area contributed by atoms with E-state index in [0.29, 0.717) is 37.2 Å². The van der Waals surface area contributed by atoms with E-state index in [-0.39, 0.29) is 17.7 Å². The van der Waals surface area contributed by atoms with E-state index < -0.39 is 0 Å². The normalized spacial score (nSPS) is 20.3. The van der Waals surface area contributed by atoms with E-state index in [1.54, 1.807) is 6.07 Å². The molecule has 5 nitrogen and oxygen atoms in total. The summed E-state index contributed by atoms with van der Waals surface area (Å²) >= 11 is 6.05. The molecule has 2 aliphatic rings. The number of nitrogens with one attached hydrogen (secondary N) is 1. The fourth-order valence-corrected chi connectivity index (χ4v) is 3.21. The summed E-state index contributed by atoms with van der Waals surface area (Å²) in [6.07, 6.45) is 3.37. The molecule has 1 aliphatic heterocycles. The first-order chi connectivity index (χ1) is 11.6. The zero-order valence-electron chi connectivity index (χ0n) is 13.9. The molecular formula is C18H23ClN2O3. The Bertz CT molecular complexity index is 631. The van der Waals surface area contributed by atoms with Crippen molar-refractivity contribution < 1.29 is 14.3 Å². The molecule has 0 aromatic heterocycles. The van der Waals surface area contributed by atoms with Crippen molar-refractivity contribution in [1.82, 2.24) is 10.2 Å². The van der Waals surface area contributed by atoms with Crippen LogP contribution in [0.2, 0.25) is 5.02 Å². The van der Waals surface area contributed by atoms with Crippen LogP contribution >= 0.6 is 11.6 Å². The topological polar surface area (TPSA) is 58.6 Å². The Balaban J connectivity index is 1.58. The van der Waals surface area contributed by atoms with Gasteiger partial charge in [0.2, 0.25) is 11.8 Å². The molecule has 6 heteroatoms. The van der Waals surface area contributed by atoms with Crippen molar-refractivity contribution in [2.24, 2.45) is 5.92 Å². The van der Waals surface area contributed by atoms with Gasteiger partial charge in [0.1, 0.15) is 5.75 Å². The highest BCUT2D eigenvalue weighted by Crippen LogP contribution is 2.32. The minimum atomic E-state index is -0.253. The minimum Gasteiger partial charge on any atom is -0.493 e. The van der Waals surface area contributed by atoms with Crippen LogP contribution in [-0.4, -0.2) is 35.9 Å². The summed E-state index contributed by atoms with van der Waals surface area (Å²) in [6.45, 7) is 3.56. The van der Waals surface area contributed by atoms with Crippen LogP contribution in [0.5, 0.6) is 5.75 Å². The number of benzene rings is 1. The van der Waals surface area contributed by atoms with E-state index in [4.69, 9.17) is 16.3 Å². The summed E-state index contributed by atoms with van der Waals surface area (Å²) < 4.78 is 5.70. The molecule has 0 bridgehead atoms. The van der Waals surface area contributed by atoms with Gasteiger partial charge in [-0.3, -0.25) is 9.59 Å². The highest BCUT2D eigenvalue weighted by atomic mass is 35.5. The van der Waals surface area contributed by atoms with Gasteiger partial charge in [-0.15, -0.1) is 0 Å². The molecule has 1 aliphatic carbocycles. The van der Waals surface area contributed by atoms with Gasteiger partial charge in [0.05, 0.1) is 12.5 Å². The van der Waals surface area contributed by atoms with Gasteiger partial charge in [-0.1, -0.05) is 18.5 Å². The molecule has 1 aromatic carbocycles. The average Bonchev–Trinajstić information content (AvgIpc) is 3.33. The van der Waals surface area contributed by atoms with Gasteiger partial charge >= 0.3 is 0 Å². The fraction of sp³-hybridized carbons (Fsp3) is 0.556. The monoisotopic (exact) mass is 350 g/mol.